The maximum atomic E-state index is 13.6. The molecule has 2 aromatic carbocycles. The monoisotopic (exact) mass is 377 g/mol. The van der Waals surface area contributed by atoms with E-state index in [0.29, 0.717) is 11.4 Å². The van der Waals surface area contributed by atoms with Gasteiger partial charge in [-0.05, 0) is 37.3 Å². The highest BCUT2D eigenvalue weighted by atomic mass is 35.5. The highest BCUT2D eigenvalue weighted by Gasteiger charge is 2.18. The van der Waals surface area contributed by atoms with Crippen LogP contribution in [0.5, 0.6) is 5.75 Å². The zero-order valence-electron chi connectivity index (χ0n) is 14.2. The second-order valence-corrected chi connectivity index (χ2v) is 5.64. The first-order valence-corrected chi connectivity index (χ1v) is 8.06. The summed E-state index contributed by atoms with van der Waals surface area (Å²) in [4.78, 5) is 24.0. The van der Waals surface area contributed by atoms with Gasteiger partial charge >= 0.3 is 5.97 Å². The molecule has 2 aromatic rings. The smallest absolute Gasteiger partial charge is 0.331 e. The van der Waals surface area contributed by atoms with Gasteiger partial charge in [0.15, 0.2) is 6.10 Å². The lowest BCUT2D eigenvalue weighted by molar-refractivity contribution is -0.148. The molecule has 0 aliphatic rings. The van der Waals surface area contributed by atoms with Crippen molar-refractivity contribution in [1.82, 2.24) is 0 Å². The lowest BCUT2D eigenvalue weighted by Gasteiger charge is -2.14. The summed E-state index contributed by atoms with van der Waals surface area (Å²) in [6, 6.07) is 11.0. The third-order valence-corrected chi connectivity index (χ3v) is 3.74. The van der Waals surface area contributed by atoms with E-state index in [1.807, 2.05) is 0 Å². The van der Waals surface area contributed by atoms with Gasteiger partial charge in [0, 0.05) is 11.6 Å². The summed E-state index contributed by atoms with van der Waals surface area (Å²) in [7, 11) is 1.48. The number of para-hydroxylation sites is 2. The number of ether oxygens (including phenoxy) is 2. The number of esters is 1. The molecule has 2 rings (SSSR count). The first kappa shape index (κ1) is 19.5. The Bertz CT molecular complexity index is 818. The van der Waals surface area contributed by atoms with Gasteiger partial charge < -0.3 is 14.8 Å². The van der Waals surface area contributed by atoms with Crippen LogP contribution in [0.4, 0.5) is 10.1 Å². The maximum Gasteiger partial charge on any atom is 0.331 e. The number of carbonyl (C=O) groups is 2. The van der Waals surface area contributed by atoms with Gasteiger partial charge in [-0.1, -0.05) is 29.8 Å². The molecule has 0 saturated heterocycles. The van der Waals surface area contributed by atoms with E-state index in [9.17, 15) is 14.0 Å². The number of hydrogen-bond acceptors (Lipinski definition) is 4. The number of methoxy groups -OCH3 is 1. The van der Waals surface area contributed by atoms with Gasteiger partial charge in [0.2, 0.25) is 0 Å². The van der Waals surface area contributed by atoms with E-state index in [4.69, 9.17) is 21.1 Å². The van der Waals surface area contributed by atoms with Crippen molar-refractivity contribution in [2.75, 3.05) is 12.4 Å². The maximum absolute atomic E-state index is 13.6. The van der Waals surface area contributed by atoms with Crippen LogP contribution < -0.4 is 10.1 Å². The van der Waals surface area contributed by atoms with Crippen LogP contribution in [0, 0.1) is 5.82 Å². The van der Waals surface area contributed by atoms with Crippen LogP contribution in [0.1, 0.15) is 12.5 Å². The molecule has 1 N–H and O–H groups in total. The lowest BCUT2D eigenvalue weighted by atomic mass is 10.2. The molecule has 1 amide bonds. The van der Waals surface area contributed by atoms with Crippen molar-refractivity contribution >= 4 is 35.2 Å². The Morgan fingerprint density at radius 2 is 1.92 bits per heavy atom. The number of rotatable bonds is 6. The van der Waals surface area contributed by atoms with Crippen molar-refractivity contribution in [3.63, 3.8) is 0 Å². The molecule has 0 aliphatic carbocycles. The Hall–Kier alpha value is -2.86. The first-order valence-electron chi connectivity index (χ1n) is 7.69. The number of hydrogen-bond donors (Lipinski definition) is 1. The van der Waals surface area contributed by atoms with Gasteiger partial charge in [0.05, 0.1) is 17.8 Å². The van der Waals surface area contributed by atoms with Gasteiger partial charge in [-0.2, -0.15) is 0 Å². The molecule has 7 heteroatoms. The van der Waals surface area contributed by atoms with Crippen LogP contribution in [0.3, 0.4) is 0 Å². The zero-order chi connectivity index (χ0) is 19.1. The van der Waals surface area contributed by atoms with Gasteiger partial charge in [0.25, 0.3) is 5.91 Å². The van der Waals surface area contributed by atoms with Crippen molar-refractivity contribution < 1.29 is 23.5 Å². The Labute approximate surface area is 155 Å². The van der Waals surface area contributed by atoms with E-state index in [2.05, 4.69) is 5.32 Å². The SMILES string of the molecule is COc1ccccc1NC(=O)C(C)OC(=O)C=Cc1c(F)cccc1Cl. The van der Waals surface area contributed by atoms with Gasteiger partial charge in [-0.15, -0.1) is 0 Å². The molecule has 5 nitrogen and oxygen atoms in total. The lowest BCUT2D eigenvalue weighted by Crippen LogP contribution is -2.29. The van der Waals surface area contributed by atoms with Gasteiger partial charge in [-0.3, -0.25) is 4.79 Å². The van der Waals surface area contributed by atoms with E-state index in [-0.39, 0.29) is 10.6 Å². The number of nitrogens with one attached hydrogen (secondary N) is 1. The summed E-state index contributed by atoms with van der Waals surface area (Å²) in [5.41, 5.74) is 0.522. The fourth-order valence-corrected chi connectivity index (χ4v) is 2.30. The molecular weight excluding hydrogens is 361 g/mol. The summed E-state index contributed by atoms with van der Waals surface area (Å²) in [6.07, 6.45) is 1.15. The highest BCUT2D eigenvalue weighted by Crippen LogP contribution is 2.23. The van der Waals surface area contributed by atoms with Crippen LogP contribution in [0.15, 0.2) is 48.5 Å². The fourth-order valence-electron chi connectivity index (χ4n) is 2.07. The van der Waals surface area contributed by atoms with Gasteiger partial charge in [0.1, 0.15) is 11.6 Å². The molecule has 0 fully saturated rings. The Morgan fingerprint density at radius 1 is 1.19 bits per heavy atom. The summed E-state index contributed by atoms with van der Waals surface area (Å²) in [6.45, 7) is 1.42. The van der Waals surface area contributed by atoms with Crippen molar-refractivity contribution in [3.8, 4) is 5.75 Å². The minimum Gasteiger partial charge on any atom is -0.495 e. The van der Waals surface area contributed by atoms with Crippen molar-refractivity contribution in [2.24, 2.45) is 0 Å². The second-order valence-electron chi connectivity index (χ2n) is 5.24. The topological polar surface area (TPSA) is 64.6 Å². The predicted octanol–water partition coefficient (Wildman–Crippen LogP) is 4.07. The molecule has 136 valence electrons. The van der Waals surface area contributed by atoms with Crippen LogP contribution >= 0.6 is 11.6 Å². The summed E-state index contributed by atoms with van der Waals surface area (Å²) in [5, 5.41) is 2.78. The molecule has 0 heterocycles. The average Bonchev–Trinajstić information content (AvgIpc) is 2.61. The Kier molecular flexibility index (Phi) is 6.74. The summed E-state index contributed by atoms with van der Waals surface area (Å²) >= 11 is 5.87. The number of halogens is 2. The standard InChI is InChI=1S/C19H17ClFNO4/c1-12(19(24)22-16-8-3-4-9-17(16)25-2)26-18(23)11-10-13-14(20)6-5-7-15(13)21/h3-12H,1-2H3,(H,22,24). The third-order valence-electron chi connectivity index (χ3n) is 3.41. The van der Waals surface area contributed by atoms with E-state index >= 15 is 0 Å². The van der Waals surface area contributed by atoms with E-state index < -0.39 is 23.8 Å². The quantitative estimate of drug-likeness (QED) is 0.608. The van der Waals surface area contributed by atoms with E-state index in [0.717, 1.165) is 6.08 Å². The van der Waals surface area contributed by atoms with Crippen LogP contribution in [0.2, 0.25) is 5.02 Å². The average molecular weight is 378 g/mol. The van der Waals surface area contributed by atoms with Crippen LogP contribution in [-0.2, 0) is 14.3 Å². The number of anilines is 1. The second kappa shape index (κ2) is 9.01. The molecule has 0 saturated carbocycles. The number of carbonyl (C=O) groups excluding carboxylic acids is 2. The number of benzene rings is 2. The van der Waals surface area contributed by atoms with Crippen LogP contribution in [-0.4, -0.2) is 25.1 Å². The van der Waals surface area contributed by atoms with Crippen molar-refractivity contribution in [1.29, 1.82) is 0 Å². The van der Waals surface area contributed by atoms with E-state index in [1.165, 1.54) is 38.3 Å². The molecule has 0 bridgehead atoms. The van der Waals surface area contributed by atoms with Crippen molar-refractivity contribution in [2.45, 2.75) is 13.0 Å². The molecule has 1 unspecified atom stereocenters. The minimum atomic E-state index is -1.06. The number of amides is 1. The van der Waals surface area contributed by atoms with E-state index in [1.54, 1.807) is 24.3 Å². The predicted molar refractivity (Wildman–Crippen MR) is 97.6 cm³/mol. The van der Waals surface area contributed by atoms with Gasteiger partial charge in [-0.25, -0.2) is 9.18 Å². The molecular formula is C19H17ClFNO4. The Morgan fingerprint density at radius 3 is 2.62 bits per heavy atom. The normalized spacial score (nSPS) is 11.8. The molecule has 26 heavy (non-hydrogen) atoms. The third kappa shape index (κ3) is 5.07. The molecule has 0 aliphatic heterocycles. The largest absolute Gasteiger partial charge is 0.495 e. The summed E-state index contributed by atoms with van der Waals surface area (Å²) in [5.74, 6) is -1.41. The highest BCUT2D eigenvalue weighted by molar-refractivity contribution is 6.32. The summed E-state index contributed by atoms with van der Waals surface area (Å²) < 4.78 is 23.8. The fraction of sp³-hybridized carbons (Fsp3) is 0.158. The Balaban J connectivity index is 1.98. The van der Waals surface area contributed by atoms with Crippen molar-refractivity contribution in [3.05, 3.63) is 64.9 Å². The molecule has 1 atom stereocenters. The molecule has 0 spiro atoms. The minimum absolute atomic E-state index is 0.0669. The zero-order valence-corrected chi connectivity index (χ0v) is 14.9. The first-order chi connectivity index (χ1) is 12.4. The molecule has 0 aromatic heterocycles. The van der Waals surface area contributed by atoms with Crippen LogP contribution in [0.25, 0.3) is 6.08 Å². The molecule has 0 radical (unpaired) electrons.